The lowest BCUT2D eigenvalue weighted by Crippen LogP contribution is -2.36. The second kappa shape index (κ2) is 6.69. The maximum absolute atomic E-state index is 11.8. The number of H-pyrrole nitrogens is 1. The van der Waals surface area contributed by atoms with Crippen LogP contribution in [0.15, 0.2) is 52.2 Å². The Morgan fingerprint density at radius 1 is 1.24 bits per heavy atom. The Labute approximate surface area is 121 Å². The molecule has 1 aromatic carbocycles. The zero-order valence-electron chi connectivity index (χ0n) is 11.7. The smallest absolute Gasteiger partial charge is 0.328 e. The minimum Gasteiger partial charge on any atom is -0.354 e. The molecule has 0 saturated carbocycles. The highest BCUT2D eigenvalue weighted by Gasteiger charge is 2.08. The van der Waals surface area contributed by atoms with Crippen LogP contribution in [0.25, 0.3) is 0 Å². The summed E-state index contributed by atoms with van der Waals surface area (Å²) in [5.74, 6) is -0.0885. The molecule has 1 heterocycles. The average molecular weight is 287 g/mol. The molecule has 0 fully saturated rings. The molecule has 1 atom stereocenters. The highest BCUT2D eigenvalue weighted by molar-refractivity contribution is 5.75. The second-order valence-corrected chi connectivity index (χ2v) is 4.85. The van der Waals surface area contributed by atoms with Crippen LogP contribution in [0, 0.1) is 0 Å². The van der Waals surface area contributed by atoms with Gasteiger partial charge in [-0.1, -0.05) is 37.3 Å². The predicted molar refractivity (Wildman–Crippen MR) is 79.2 cm³/mol. The van der Waals surface area contributed by atoms with E-state index in [-0.39, 0.29) is 18.4 Å². The van der Waals surface area contributed by atoms with Gasteiger partial charge >= 0.3 is 5.69 Å². The van der Waals surface area contributed by atoms with Crippen molar-refractivity contribution >= 4 is 5.91 Å². The molecule has 0 radical (unpaired) electrons. The molecule has 0 spiro atoms. The fraction of sp³-hybridized carbons (Fsp3) is 0.267. The summed E-state index contributed by atoms with van der Waals surface area (Å²) in [5.41, 5.74) is 0.0714. The van der Waals surface area contributed by atoms with Gasteiger partial charge in [0.25, 0.3) is 5.56 Å². The van der Waals surface area contributed by atoms with Crippen molar-refractivity contribution in [3.8, 4) is 0 Å². The number of hydrogen-bond acceptors (Lipinski definition) is 3. The van der Waals surface area contributed by atoms with Crippen LogP contribution in [-0.4, -0.2) is 22.0 Å². The molecule has 2 rings (SSSR count). The third-order valence-corrected chi connectivity index (χ3v) is 3.18. The van der Waals surface area contributed by atoms with E-state index in [1.54, 1.807) is 0 Å². The predicted octanol–water partition coefficient (Wildman–Crippen LogP) is 0.456. The second-order valence-electron chi connectivity index (χ2n) is 4.85. The van der Waals surface area contributed by atoms with Crippen molar-refractivity contribution in [1.82, 2.24) is 14.9 Å². The number of rotatable bonds is 5. The van der Waals surface area contributed by atoms with Gasteiger partial charge < -0.3 is 5.32 Å². The van der Waals surface area contributed by atoms with Gasteiger partial charge in [-0.25, -0.2) is 4.79 Å². The van der Waals surface area contributed by atoms with Crippen molar-refractivity contribution in [1.29, 1.82) is 0 Å². The Morgan fingerprint density at radius 2 is 1.95 bits per heavy atom. The van der Waals surface area contributed by atoms with Gasteiger partial charge in [0.05, 0.1) is 0 Å². The largest absolute Gasteiger partial charge is 0.354 e. The van der Waals surface area contributed by atoms with Crippen molar-refractivity contribution in [2.24, 2.45) is 0 Å². The maximum atomic E-state index is 11.8. The van der Waals surface area contributed by atoms with E-state index >= 15 is 0 Å². The first-order valence-electron chi connectivity index (χ1n) is 6.67. The quantitative estimate of drug-likeness (QED) is 0.837. The van der Waals surface area contributed by atoms with Gasteiger partial charge in [0.2, 0.25) is 5.91 Å². The van der Waals surface area contributed by atoms with Crippen molar-refractivity contribution in [2.75, 3.05) is 6.54 Å². The van der Waals surface area contributed by atoms with E-state index in [0.29, 0.717) is 6.54 Å². The van der Waals surface area contributed by atoms with Crippen LogP contribution in [0.4, 0.5) is 0 Å². The molecule has 1 amide bonds. The number of aromatic nitrogens is 2. The molecule has 110 valence electrons. The Morgan fingerprint density at radius 3 is 2.62 bits per heavy atom. The molecule has 21 heavy (non-hydrogen) atoms. The molecule has 2 N–H and O–H groups in total. The van der Waals surface area contributed by atoms with Crippen LogP contribution < -0.4 is 16.6 Å². The lowest BCUT2D eigenvalue weighted by molar-refractivity contribution is -0.121. The molecule has 6 nitrogen and oxygen atoms in total. The van der Waals surface area contributed by atoms with Gasteiger partial charge in [-0.05, 0) is 11.5 Å². The highest BCUT2D eigenvalue weighted by Crippen LogP contribution is 2.12. The molecule has 2 aromatic rings. The van der Waals surface area contributed by atoms with Gasteiger partial charge in [0.15, 0.2) is 0 Å². The third kappa shape index (κ3) is 4.17. The van der Waals surface area contributed by atoms with E-state index in [1.807, 2.05) is 37.3 Å². The van der Waals surface area contributed by atoms with E-state index in [2.05, 4.69) is 10.3 Å². The molecular weight excluding hydrogens is 270 g/mol. The Bertz CT molecular complexity index is 719. The zero-order chi connectivity index (χ0) is 15.2. The van der Waals surface area contributed by atoms with Crippen molar-refractivity contribution in [3.05, 3.63) is 69.0 Å². The SMILES string of the molecule is C[C@@H](CNC(=O)Cn1ccc(=O)[nH]c1=O)c1ccccc1. The first-order valence-corrected chi connectivity index (χ1v) is 6.67. The lowest BCUT2D eigenvalue weighted by atomic mass is 10.0. The van der Waals surface area contributed by atoms with Gasteiger partial charge in [-0.2, -0.15) is 0 Å². The van der Waals surface area contributed by atoms with Gasteiger partial charge in [0.1, 0.15) is 6.54 Å². The number of amides is 1. The Hall–Kier alpha value is -2.63. The highest BCUT2D eigenvalue weighted by atomic mass is 16.2. The molecule has 0 unspecified atom stereocenters. The van der Waals surface area contributed by atoms with Gasteiger partial charge in [-0.3, -0.25) is 19.1 Å². The van der Waals surface area contributed by atoms with Crippen LogP contribution in [0.3, 0.4) is 0 Å². The minimum absolute atomic E-state index is 0.114. The van der Waals surface area contributed by atoms with Crippen molar-refractivity contribution in [3.63, 3.8) is 0 Å². The molecule has 1 aromatic heterocycles. The minimum atomic E-state index is -0.589. The average Bonchev–Trinajstić information content (AvgIpc) is 2.48. The molecule has 6 heteroatoms. The molecule has 0 bridgehead atoms. The number of carbonyl (C=O) groups is 1. The van der Waals surface area contributed by atoms with E-state index in [4.69, 9.17) is 0 Å². The summed E-state index contributed by atoms with van der Waals surface area (Å²) in [4.78, 5) is 36.3. The summed E-state index contributed by atoms with van der Waals surface area (Å²) in [6, 6.07) is 11.1. The maximum Gasteiger partial charge on any atom is 0.328 e. The third-order valence-electron chi connectivity index (χ3n) is 3.18. The summed E-state index contributed by atoms with van der Waals surface area (Å²) in [6.07, 6.45) is 1.31. The molecule has 0 aliphatic heterocycles. The normalized spacial score (nSPS) is 11.9. The number of benzene rings is 1. The summed E-state index contributed by atoms with van der Waals surface area (Å²) in [7, 11) is 0. The van der Waals surface area contributed by atoms with Crippen molar-refractivity contribution in [2.45, 2.75) is 19.4 Å². The number of nitrogens with one attached hydrogen (secondary N) is 2. The van der Waals surface area contributed by atoms with E-state index in [0.717, 1.165) is 10.1 Å². The standard InChI is InChI=1S/C15H17N3O3/c1-11(12-5-3-2-4-6-12)9-16-14(20)10-18-8-7-13(19)17-15(18)21/h2-8,11H,9-10H2,1H3,(H,16,20)(H,17,19,21)/t11-/m0/s1. The summed E-state index contributed by atoms with van der Waals surface area (Å²) >= 11 is 0. The topological polar surface area (TPSA) is 84.0 Å². The first-order chi connectivity index (χ1) is 10.1. The summed E-state index contributed by atoms with van der Waals surface area (Å²) in [5, 5.41) is 2.78. The Balaban J connectivity index is 1.90. The summed E-state index contributed by atoms with van der Waals surface area (Å²) in [6.45, 7) is 2.39. The summed E-state index contributed by atoms with van der Waals surface area (Å²) < 4.78 is 1.16. The van der Waals surface area contributed by atoms with E-state index < -0.39 is 11.2 Å². The van der Waals surface area contributed by atoms with Crippen LogP contribution >= 0.6 is 0 Å². The Kier molecular flexibility index (Phi) is 4.71. The van der Waals surface area contributed by atoms with Crippen LogP contribution in [0.5, 0.6) is 0 Å². The molecule has 0 aliphatic carbocycles. The van der Waals surface area contributed by atoms with E-state index in [1.165, 1.54) is 12.3 Å². The fourth-order valence-electron chi connectivity index (χ4n) is 1.95. The van der Waals surface area contributed by atoms with Crippen LogP contribution in [-0.2, 0) is 11.3 Å². The van der Waals surface area contributed by atoms with E-state index in [9.17, 15) is 14.4 Å². The first kappa shape index (κ1) is 14.8. The van der Waals surface area contributed by atoms with Crippen LogP contribution in [0.2, 0.25) is 0 Å². The number of aromatic amines is 1. The van der Waals surface area contributed by atoms with Gasteiger partial charge in [-0.15, -0.1) is 0 Å². The van der Waals surface area contributed by atoms with Crippen LogP contribution in [0.1, 0.15) is 18.4 Å². The molecule has 0 aliphatic rings. The lowest BCUT2D eigenvalue weighted by Gasteiger charge is -2.13. The fourth-order valence-corrected chi connectivity index (χ4v) is 1.95. The number of carbonyl (C=O) groups excluding carboxylic acids is 1. The zero-order valence-corrected chi connectivity index (χ0v) is 11.7. The number of hydrogen-bond donors (Lipinski definition) is 2. The van der Waals surface area contributed by atoms with Gasteiger partial charge in [0, 0.05) is 18.8 Å². The number of nitrogens with zero attached hydrogens (tertiary/aromatic N) is 1. The molecule has 0 saturated heterocycles. The van der Waals surface area contributed by atoms with Crippen molar-refractivity contribution < 1.29 is 4.79 Å². The monoisotopic (exact) mass is 287 g/mol. The molecular formula is C15H17N3O3.